The summed E-state index contributed by atoms with van der Waals surface area (Å²) in [6.07, 6.45) is 0.570. The Hall–Kier alpha value is -1.22. The van der Waals surface area contributed by atoms with Crippen LogP contribution in [-0.2, 0) is 14.6 Å². The Labute approximate surface area is 196 Å². The van der Waals surface area contributed by atoms with Crippen LogP contribution >= 0.6 is 19.2 Å². The van der Waals surface area contributed by atoms with E-state index in [1.165, 1.54) is 30.5 Å². The molecule has 1 aromatic heterocycles. The van der Waals surface area contributed by atoms with Gasteiger partial charge in [0.15, 0.2) is 10.9 Å². The van der Waals surface area contributed by atoms with Crippen molar-refractivity contribution in [3.63, 3.8) is 0 Å². The van der Waals surface area contributed by atoms with Gasteiger partial charge in [0.2, 0.25) is 10.0 Å². The van der Waals surface area contributed by atoms with Gasteiger partial charge in [-0.15, -0.1) is 0 Å². The molecule has 0 amide bonds. The van der Waals surface area contributed by atoms with Crippen LogP contribution in [-0.4, -0.2) is 54.1 Å². The Morgan fingerprint density at radius 1 is 1.00 bits per heavy atom. The van der Waals surface area contributed by atoms with Crippen LogP contribution in [0.3, 0.4) is 0 Å². The van der Waals surface area contributed by atoms with Crippen LogP contribution in [0.25, 0.3) is 11.1 Å². The van der Waals surface area contributed by atoms with E-state index in [9.17, 15) is 17.9 Å². The molecule has 0 aliphatic rings. The number of aromatic nitrogens is 1. The van der Waals surface area contributed by atoms with E-state index in [1.807, 2.05) is 30.3 Å². The predicted molar refractivity (Wildman–Crippen MR) is 114 cm³/mol. The average molecular weight is 463 g/mol. The van der Waals surface area contributed by atoms with Crippen LogP contribution in [0.15, 0.2) is 77.8 Å². The van der Waals surface area contributed by atoms with Crippen molar-refractivity contribution in [2.45, 2.75) is 4.90 Å². The van der Waals surface area contributed by atoms with Crippen LogP contribution in [0, 0.1) is 0 Å². The number of sulfonamides is 1. The quantitative estimate of drug-likeness (QED) is 0.317. The molecule has 0 spiro atoms. The van der Waals surface area contributed by atoms with E-state index in [4.69, 9.17) is 16.1 Å². The molecule has 0 radical (unpaired) electrons. The van der Waals surface area contributed by atoms with E-state index in [0.29, 0.717) is 0 Å². The minimum absolute atomic E-state index is 0. The molecule has 29 heavy (non-hydrogen) atoms. The fourth-order valence-electron chi connectivity index (χ4n) is 2.33. The van der Waals surface area contributed by atoms with Crippen LogP contribution in [0.2, 0.25) is 5.15 Å². The maximum absolute atomic E-state index is 12.4. The third-order valence-corrected chi connectivity index (χ3v) is 6.65. The van der Waals surface area contributed by atoms with Gasteiger partial charge in [-0.25, -0.2) is 18.0 Å². The Bertz CT molecular complexity index is 1110. The number of rotatable bonds is 7. The number of nitrogens with one attached hydrogen (secondary N) is 1. The van der Waals surface area contributed by atoms with E-state index in [1.54, 1.807) is 12.1 Å². The molecule has 0 bridgehead atoms. The van der Waals surface area contributed by atoms with Gasteiger partial charge in [-0.3, -0.25) is 0 Å². The van der Waals surface area contributed by atoms with Crippen molar-refractivity contribution in [3.05, 3.63) is 78.1 Å². The Balaban J connectivity index is 0.00000300. The number of hydrogen-bond acceptors (Lipinski definition) is 5. The number of benzene rings is 2. The molecule has 0 aliphatic heterocycles. The molecule has 0 fully saturated rings. The van der Waals surface area contributed by atoms with Gasteiger partial charge in [-0.05, 0) is 35.4 Å². The molecule has 0 aliphatic carbocycles. The zero-order valence-electron chi connectivity index (χ0n) is 14.4. The number of nitrogens with zero attached hydrogens (tertiary/aromatic N) is 1. The van der Waals surface area contributed by atoms with E-state index in [0.717, 1.165) is 11.1 Å². The fourth-order valence-corrected chi connectivity index (χ4v) is 5.06. The standard InChI is InChI=1S/C18H16ClN2O5PS.Na.H/c19-18-17(7-4-12-20-18)26-27(22,23)13-21-28(24,25)16-10-8-15(9-11-16)14-5-2-1-3-6-14;;/h1-12,21H,13H2,(H,22,23);;. The van der Waals surface area contributed by atoms with E-state index >= 15 is 0 Å². The first kappa shape index (κ1) is 24.1. The van der Waals surface area contributed by atoms with E-state index < -0.39 is 23.9 Å². The summed E-state index contributed by atoms with van der Waals surface area (Å²) in [7, 11) is -8.34. The fraction of sp³-hybridized carbons (Fsp3) is 0.0556. The number of pyridine rings is 1. The molecule has 1 heterocycles. The summed E-state index contributed by atoms with van der Waals surface area (Å²) in [5.74, 6) is -0.110. The molecule has 0 saturated carbocycles. The van der Waals surface area contributed by atoms with Crippen LogP contribution < -0.4 is 9.25 Å². The summed E-state index contributed by atoms with van der Waals surface area (Å²) in [6, 6.07) is 18.5. The first-order valence-corrected chi connectivity index (χ1v) is 11.7. The third-order valence-electron chi connectivity index (χ3n) is 3.69. The molecule has 1 unspecified atom stereocenters. The van der Waals surface area contributed by atoms with Crippen molar-refractivity contribution in [1.82, 2.24) is 9.71 Å². The van der Waals surface area contributed by atoms with Crippen molar-refractivity contribution in [2.24, 2.45) is 0 Å². The van der Waals surface area contributed by atoms with Crippen LogP contribution in [0.4, 0.5) is 0 Å². The Morgan fingerprint density at radius 3 is 2.24 bits per heavy atom. The second kappa shape index (κ2) is 10.2. The second-order valence-electron chi connectivity index (χ2n) is 5.72. The van der Waals surface area contributed by atoms with Crippen LogP contribution in [0.5, 0.6) is 5.75 Å². The topological polar surface area (TPSA) is 106 Å². The first-order valence-electron chi connectivity index (χ1n) is 8.04. The third kappa shape index (κ3) is 6.64. The summed E-state index contributed by atoms with van der Waals surface area (Å²) < 4.78 is 44.0. The van der Waals surface area contributed by atoms with Crippen molar-refractivity contribution in [2.75, 3.05) is 6.29 Å². The van der Waals surface area contributed by atoms with E-state index in [-0.39, 0.29) is 45.4 Å². The monoisotopic (exact) mass is 462 g/mol. The molecule has 1 atom stereocenters. The molecule has 2 N–H and O–H groups in total. The van der Waals surface area contributed by atoms with Crippen LogP contribution in [0.1, 0.15) is 0 Å². The molecule has 3 aromatic rings. The molecule has 11 heteroatoms. The number of hydrogen-bond donors (Lipinski definition) is 2. The Morgan fingerprint density at radius 2 is 1.62 bits per heavy atom. The molecule has 148 valence electrons. The Kier molecular flexibility index (Phi) is 8.46. The van der Waals surface area contributed by atoms with Gasteiger partial charge in [0.05, 0.1) is 4.90 Å². The molecular weight excluding hydrogens is 446 g/mol. The summed E-state index contributed by atoms with van der Waals surface area (Å²) >= 11 is 5.77. The second-order valence-corrected chi connectivity index (χ2v) is 9.62. The van der Waals surface area contributed by atoms with Gasteiger partial charge in [0.25, 0.3) is 0 Å². The minimum atomic E-state index is -4.33. The molecule has 3 rings (SSSR count). The predicted octanol–water partition coefficient (Wildman–Crippen LogP) is 3.25. The molecule has 0 saturated heterocycles. The van der Waals surface area contributed by atoms with Gasteiger partial charge < -0.3 is 9.42 Å². The first-order chi connectivity index (χ1) is 13.3. The average Bonchev–Trinajstić information content (AvgIpc) is 2.69. The number of halogens is 1. The summed E-state index contributed by atoms with van der Waals surface area (Å²) in [5.41, 5.74) is 1.79. The van der Waals surface area contributed by atoms with Crippen molar-refractivity contribution >= 4 is 58.8 Å². The normalized spacial score (nSPS) is 13.2. The van der Waals surface area contributed by atoms with Gasteiger partial charge >= 0.3 is 37.2 Å². The zero-order chi connectivity index (χ0) is 20.2. The van der Waals surface area contributed by atoms with E-state index in [2.05, 4.69) is 9.71 Å². The maximum atomic E-state index is 12.4. The SMILES string of the molecule is O=P(O)(CNS(=O)(=O)c1ccc(-c2ccccc2)cc1)Oc1cccnc1Cl.[NaH]. The van der Waals surface area contributed by atoms with Gasteiger partial charge in [0.1, 0.15) is 6.29 Å². The van der Waals surface area contributed by atoms with Gasteiger partial charge in [-0.2, -0.15) is 4.72 Å². The molecular formula is C18H17ClN2NaO5PS. The van der Waals surface area contributed by atoms with Crippen molar-refractivity contribution < 1.29 is 22.4 Å². The summed E-state index contributed by atoms with van der Waals surface area (Å²) in [4.78, 5) is 13.6. The summed E-state index contributed by atoms with van der Waals surface area (Å²) in [5, 5.41) is -0.101. The molecule has 7 nitrogen and oxygen atoms in total. The van der Waals surface area contributed by atoms with Gasteiger partial charge in [0, 0.05) is 6.20 Å². The summed E-state index contributed by atoms with van der Waals surface area (Å²) in [6.45, 7) is 0. The van der Waals surface area contributed by atoms with Crippen molar-refractivity contribution in [3.8, 4) is 16.9 Å². The zero-order valence-corrected chi connectivity index (χ0v) is 16.9. The van der Waals surface area contributed by atoms with Crippen molar-refractivity contribution in [1.29, 1.82) is 0 Å². The van der Waals surface area contributed by atoms with Gasteiger partial charge in [-0.1, -0.05) is 54.1 Å². The molecule has 2 aromatic carbocycles.